The molecule has 0 bridgehead atoms. The molecule has 1 N–H and O–H groups in total. The van der Waals surface area contributed by atoms with Crippen molar-refractivity contribution in [1.82, 2.24) is 15.1 Å². The summed E-state index contributed by atoms with van der Waals surface area (Å²) in [4.78, 5) is 16.9. The Morgan fingerprint density at radius 1 is 1.26 bits per heavy atom. The molecular formula is C18H28ClN3O. The fraction of sp³-hybridized carbons (Fsp3) is 0.611. The first kappa shape index (κ1) is 18.2. The Labute approximate surface area is 145 Å². The Hall–Kier alpha value is -1.10. The van der Waals surface area contributed by atoms with Crippen LogP contribution in [0.15, 0.2) is 24.3 Å². The molecule has 1 saturated heterocycles. The van der Waals surface area contributed by atoms with Crippen LogP contribution in [-0.2, 0) is 17.8 Å². The standard InChI is InChI=1S/C18H27N3O.ClH/c1-20(17-7-4-10-19-11-8-17)14-18(22)21-12-9-15-5-2-3-6-16(15)13-21;/h2-3,5-6,17,19H,4,7-14H2,1H3;1H. The van der Waals surface area contributed by atoms with Crippen LogP contribution in [0.25, 0.3) is 0 Å². The van der Waals surface area contributed by atoms with E-state index in [-0.39, 0.29) is 18.3 Å². The van der Waals surface area contributed by atoms with Gasteiger partial charge in [0.25, 0.3) is 0 Å². The monoisotopic (exact) mass is 337 g/mol. The number of carbonyl (C=O) groups excluding carboxylic acids is 1. The lowest BCUT2D eigenvalue weighted by Crippen LogP contribution is -2.44. The largest absolute Gasteiger partial charge is 0.337 e. The molecule has 0 radical (unpaired) electrons. The van der Waals surface area contributed by atoms with E-state index in [0.29, 0.717) is 12.6 Å². The number of carbonyl (C=O) groups is 1. The number of nitrogens with zero attached hydrogens (tertiary/aromatic N) is 2. The molecule has 0 spiro atoms. The lowest BCUT2D eigenvalue weighted by molar-refractivity contribution is -0.133. The van der Waals surface area contributed by atoms with Gasteiger partial charge in [0.15, 0.2) is 0 Å². The first-order valence-corrected chi connectivity index (χ1v) is 8.49. The van der Waals surface area contributed by atoms with Crippen LogP contribution in [0, 0.1) is 0 Å². The van der Waals surface area contributed by atoms with Gasteiger partial charge in [-0.1, -0.05) is 24.3 Å². The van der Waals surface area contributed by atoms with E-state index in [4.69, 9.17) is 0 Å². The van der Waals surface area contributed by atoms with Gasteiger partial charge in [-0.2, -0.15) is 0 Å². The Morgan fingerprint density at radius 2 is 2.04 bits per heavy atom. The minimum absolute atomic E-state index is 0. The predicted molar refractivity (Wildman–Crippen MR) is 95.9 cm³/mol. The molecule has 1 amide bonds. The van der Waals surface area contributed by atoms with Crippen molar-refractivity contribution < 1.29 is 4.79 Å². The Morgan fingerprint density at radius 3 is 2.87 bits per heavy atom. The normalized spacial score (nSPS) is 21.3. The summed E-state index contributed by atoms with van der Waals surface area (Å²) in [6.07, 6.45) is 4.53. The molecule has 23 heavy (non-hydrogen) atoms. The van der Waals surface area contributed by atoms with Gasteiger partial charge in [0, 0.05) is 19.1 Å². The highest BCUT2D eigenvalue weighted by atomic mass is 35.5. The van der Waals surface area contributed by atoms with E-state index in [1.165, 1.54) is 24.0 Å². The zero-order valence-electron chi connectivity index (χ0n) is 14.0. The maximum atomic E-state index is 12.6. The molecule has 2 aliphatic rings. The van der Waals surface area contributed by atoms with Gasteiger partial charge in [-0.15, -0.1) is 12.4 Å². The first-order valence-electron chi connectivity index (χ1n) is 8.49. The molecular weight excluding hydrogens is 310 g/mol. The van der Waals surface area contributed by atoms with Crippen LogP contribution >= 0.6 is 12.4 Å². The van der Waals surface area contributed by atoms with E-state index < -0.39 is 0 Å². The third-order valence-electron chi connectivity index (χ3n) is 5.04. The average Bonchev–Trinajstić information content (AvgIpc) is 2.83. The van der Waals surface area contributed by atoms with E-state index in [1.807, 2.05) is 4.90 Å². The highest BCUT2D eigenvalue weighted by Crippen LogP contribution is 2.19. The van der Waals surface area contributed by atoms with E-state index >= 15 is 0 Å². The number of benzene rings is 1. The van der Waals surface area contributed by atoms with Gasteiger partial charge in [-0.25, -0.2) is 0 Å². The van der Waals surface area contributed by atoms with Crippen molar-refractivity contribution in [2.45, 2.75) is 38.3 Å². The maximum Gasteiger partial charge on any atom is 0.237 e. The Kier molecular flexibility index (Phi) is 6.88. The second-order valence-corrected chi connectivity index (χ2v) is 6.58. The molecule has 128 valence electrons. The van der Waals surface area contributed by atoms with Crippen LogP contribution < -0.4 is 5.32 Å². The van der Waals surface area contributed by atoms with Gasteiger partial charge < -0.3 is 10.2 Å². The molecule has 4 nitrogen and oxygen atoms in total. The third kappa shape index (κ3) is 4.69. The Bertz CT molecular complexity index is 515. The Balaban J connectivity index is 0.00000192. The number of likely N-dealkylation sites (N-methyl/N-ethyl adjacent to an activating group) is 1. The average molecular weight is 338 g/mol. The molecule has 5 heteroatoms. The van der Waals surface area contributed by atoms with Crippen LogP contribution in [-0.4, -0.2) is 55.0 Å². The summed E-state index contributed by atoms with van der Waals surface area (Å²) >= 11 is 0. The van der Waals surface area contributed by atoms with Crippen LogP contribution in [0.3, 0.4) is 0 Å². The van der Waals surface area contributed by atoms with Crippen molar-refractivity contribution in [3.8, 4) is 0 Å². The van der Waals surface area contributed by atoms with Crippen LogP contribution in [0.4, 0.5) is 0 Å². The zero-order chi connectivity index (χ0) is 15.4. The van der Waals surface area contributed by atoms with Crippen molar-refractivity contribution in [3.63, 3.8) is 0 Å². The summed E-state index contributed by atoms with van der Waals surface area (Å²) in [5, 5.41) is 3.44. The summed E-state index contributed by atoms with van der Waals surface area (Å²) in [6.45, 7) is 4.36. The molecule has 0 aromatic heterocycles. The summed E-state index contributed by atoms with van der Waals surface area (Å²) in [5.74, 6) is 0.272. The number of hydrogen-bond acceptors (Lipinski definition) is 3. The van der Waals surface area contributed by atoms with Crippen LogP contribution in [0.2, 0.25) is 0 Å². The highest BCUT2D eigenvalue weighted by molar-refractivity contribution is 5.85. The lowest BCUT2D eigenvalue weighted by atomic mass is 10.00. The molecule has 1 aromatic carbocycles. The fourth-order valence-corrected chi connectivity index (χ4v) is 3.59. The number of fused-ring (bicyclic) bond motifs is 1. The third-order valence-corrected chi connectivity index (χ3v) is 5.04. The molecule has 2 aliphatic heterocycles. The first-order chi connectivity index (χ1) is 10.7. The SMILES string of the molecule is CN(CC(=O)N1CCc2ccccc2C1)C1CCCNCC1.Cl. The van der Waals surface area contributed by atoms with Gasteiger partial charge >= 0.3 is 0 Å². The van der Waals surface area contributed by atoms with Gasteiger partial charge in [-0.05, 0) is 56.9 Å². The summed E-state index contributed by atoms with van der Waals surface area (Å²) in [5.41, 5.74) is 2.71. The molecule has 1 atom stereocenters. The van der Waals surface area contributed by atoms with Crippen LogP contribution in [0.5, 0.6) is 0 Å². The summed E-state index contributed by atoms with van der Waals surface area (Å²) in [7, 11) is 2.10. The smallest absolute Gasteiger partial charge is 0.237 e. The number of hydrogen-bond donors (Lipinski definition) is 1. The predicted octanol–water partition coefficient (Wildman–Crippen LogP) is 2.07. The molecule has 3 rings (SSSR count). The van der Waals surface area contributed by atoms with Gasteiger partial charge in [0.2, 0.25) is 5.91 Å². The molecule has 1 aromatic rings. The quantitative estimate of drug-likeness (QED) is 0.917. The molecule has 2 heterocycles. The van der Waals surface area contributed by atoms with Crippen molar-refractivity contribution in [3.05, 3.63) is 35.4 Å². The van der Waals surface area contributed by atoms with E-state index in [2.05, 4.69) is 41.5 Å². The van der Waals surface area contributed by atoms with Gasteiger partial charge in [0.1, 0.15) is 0 Å². The molecule has 0 aliphatic carbocycles. The number of rotatable bonds is 3. The number of amides is 1. The zero-order valence-corrected chi connectivity index (χ0v) is 14.8. The maximum absolute atomic E-state index is 12.6. The van der Waals surface area contributed by atoms with Crippen molar-refractivity contribution in [2.24, 2.45) is 0 Å². The minimum atomic E-state index is 0. The van der Waals surface area contributed by atoms with E-state index in [1.54, 1.807) is 0 Å². The molecule has 1 unspecified atom stereocenters. The van der Waals surface area contributed by atoms with Crippen LogP contribution in [0.1, 0.15) is 30.4 Å². The number of halogens is 1. The van der Waals surface area contributed by atoms with E-state index in [0.717, 1.165) is 39.0 Å². The fourth-order valence-electron chi connectivity index (χ4n) is 3.59. The highest BCUT2D eigenvalue weighted by Gasteiger charge is 2.24. The number of nitrogens with one attached hydrogen (secondary N) is 1. The second kappa shape index (κ2) is 8.67. The van der Waals surface area contributed by atoms with Gasteiger partial charge in [-0.3, -0.25) is 9.69 Å². The van der Waals surface area contributed by atoms with Crippen molar-refractivity contribution in [2.75, 3.05) is 33.2 Å². The minimum Gasteiger partial charge on any atom is -0.337 e. The summed E-state index contributed by atoms with van der Waals surface area (Å²) in [6, 6.07) is 9.02. The molecule has 1 fully saturated rings. The second-order valence-electron chi connectivity index (χ2n) is 6.58. The lowest BCUT2D eigenvalue weighted by Gasteiger charge is -2.32. The molecule has 0 saturated carbocycles. The van der Waals surface area contributed by atoms with Gasteiger partial charge in [0.05, 0.1) is 6.54 Å². The van der Waals surface area contributed by atoms with E-state index in [9.17, 15) is 4.79 Å². The van der Waals surface area contributed by atoms with Crippen molar-refractivity contribution in [1.29, 1.82) is 0 Å². The topological polar surface area (TPSA) is 35.6 Å². The van der Waals surface area contributed by atoms with Crippen molar-refractivity contribution >= 4 is 18.3 Å². The summed E-state index contributed by atoms with van der Waals surface area (Å²) < 4.78 is 0.